The Morgan fingerprint density at radius 1 is 1.15 bits per heavy atom. The molecule has 2 aromatic carbocycles. The summed E-state index contributed by atoms with van der Waals surface area (Å²) in [5.74, 6) is -2.35. The number of aromatic nitrogens is 3. The van der Waals surface area contributed by atoms with Crippen LogP contribution in [0.25, 0.3) is 21.5 Å². The average molecular weight is 493 g/mol. The Labute approximate surface area is 193 Å². The third-order valence-electron chi connectivity index (χ3n) is 4.68. The van der Waals surface area contributed by atoms with Crippen molar-refractivity contribution >= 4 is 34.1 Å². The molecular weight excluding hydrogens is 478 g/mol. The van der Waals surface area contributed by atoms with E-state index in [-0.39, 0.29) is 29.4 Å². The maximum atomic E-state index is 13.9. The number of carbonyl (C=O) groups is 2. The van der Waals surface area contributed by atoms with E-state index in [0.29, 0.717) is 21.5 Å². The van der Waals surface area contributed by atoms with E-state index in [1.54, 1.807) is 18.2 Å². The van der Waals surface area contributed by atoms with Crippen LogP contribution < -0.4 is 15.4 Å². The molecule has 0 aliphatic heterocycles. The molecule has 34 heavy (non-hydrogen) atoms. The van der Waals surface area contributed by atoms with Gasteiger partial charge in [0.05, 0.1) is 5.52 Å². The van der Waals surface area contributed by atoms with Gasteiger partial charge in [-0.25, -0.2) is 9.37 Å². The summed E-state index contributed by atoms with van der Waals surface area (Å²) in [5.41, 5.74) is 1.40. The molecular formula is C21H15F4N5O3S. The fourth-order valence-corrected chi connectivity index (χ4v) is 3.90. The molecule has 3 N–H and O–H groups in total. The molecule has 176 valence electrons. The summed E-state index contributed by atoms with van der Waals surface area (Å²) in [4.78, 5) is 28.6. The summed E-state index contributed by atoms with van der Waals surface area (Å²) in [6, 6.07) is 7.70. The molecule has 2 heterocycles. The zero-order chi connectivity index (χ0) is 24.5. The minimum Gasteiger partial charge on any atom is -0.406 e. The molecule has 0 saturated heterocycles. The average Bonchev–Trinajstić information content (AvgIpc) is 3.45. The number of H-pyrrole nitrogens is 1. The standard InChI is InChI=1S/C21H15F4N5O3S/c1-26-19(32)17-13-4-2-10(7-15(13)29-30-17)20-28-16(9-34-20)18(31)27-8-11-6-12(3-5-14(11)22)33-21(23,24)25/h2-7,9H,8H2,1H3,(H,26,32)(H,27,31)(H,29,30). The SMILES string of the molecule is CNC(=O)c1n[nH]c2cc(-c3nc(C(=O)NCc4cc(OC(F)(F)F)ccc4F)cs3)ccc12. The molecule has 0 bridgehead atoms. The number of carbonyl (C=O) groups excluding carboxylic acids is 2. The maximum absolute atomic E-state index is 13.9. The second-order valence-corrected chi connectivity index (χ2v) is 7.79. The first-order chi connectivity index (χ1) is 16.1. The van der Waals surface area contributed by atoms with E-state index in [9.17, 15) is 27.2 Å². The Hall–Kier alpha value is -4.00. The van der Waals surface area contributed by atoms with Crippen molar-refractivity contribution in [1.29, 1.82) is 0 Å². The number of fused-ring (bicyclic) bond motifs is 1. The molecule has 2 amide bonds. The lowest BCUT2D eigenvalue weighted by molar-refractivity contribution is -0.274. The van der Waals surface area contributed by atoms with Crippen molar-refractivity contribution in [3.63, 3.8) is 0 Å². The van der Waals surface area contributed by atoms with E-state index >= 15 is 0 Å². The third-order valence-corrected chi connectivity index (χ3v) is 5.57. The normalized spacial score (nSPS) is 11.4. The van der Waals surface area contributed by atoms with Crippen LogP contribution in [0.4, 0.5) is 17.6 Å². The van der Waals surface area contributed by atoms with Gasteiger partial charge in [-0.1, -0.05) is 6.07 Å². The van der Waals surface area contributed by atoms with Crippen molar-refractivity contribution in [2.45, 2.75) is 12.9 Å². The van der Waals surface area contributed by atoms with E-state index in [2.05, 4.69) is 30.6 Å². The number of halogens is 4. The number of rotatable bonds is 6. The summed E-state index contributed by atoms with van der Waals surface area (Å²) in [6.45, 7) is -0.366. The van der Waals surface area contributed by atoms with Crippen molar-refractivity contribution < 1.29 is 31.9 Å². The molecule has 0 spiro atoms. The van der Waals surface area contributed by atoms with Crippen LogP contribution in [0, 0.1) is 5.82 Å². The number of amides is 2. The topological polar surface area (TPSA) is 109 Å². The first-order valence-electron chi connectivity index (χ1n) is 9.63. The highest BCUT2D eigenvalue weighted by Gasteiger charge is 2.31. The van der Waals surface area contributed by atoms with Gasteiger partial charge in [0.25, 0.3) is 11.8 Å². The first kappa shape index (κ1) is 23.2. The van der Waals surface area contributed by atoms with Crippen molar-refractivity contribution in [2.75, 3.05) is 7.05 Å². The predicted octanol–water partition coefficient (Wildman–Crippen LogP) is 4.01. The van der Waals surface area contributed by atoms with E-state index < -0.39 is 23.8 Å². The van der Waals surface area contributed by atoms with E-state index in [4.69, 9.17) is 0 Å². The maximum Gasteiger partial charge on any atom is 0.573 e. The van der Waals surface area contributed by atoms with Crippen molar-refractivity contribution in [3.05, 3.63) is 64.5 Å². The number of aromatic amines is 1. The van der Waals surface area contributed by atoms with Gasteiger partial charge in [-0.3, -0.25) is 14.7 Å². The van der Waals surface area contributed by atoms with Crippen molar-refractivity contribution in [1.82, 2.24) is 25.8 Å². The van der Waals surface area contributed by atoms with Crippen molar-refractivity contribution in [2.24, 2.45) is 0 Å². The highest BCUT2D eigenvalue weighted by molar-refractivity contribution is 7.13. The number of benzene rings is 2. The zero-order valence-corrected chi connectivity index (χ0v) is 18.1. The van der Waals surface area contributed by atoms with Gasteiger partial charge in [-0.05, 0) is 30.3 Å². The minimum absolute atomic E-state index is 0.0545. The lowest BCUT2D eigenvalue weighted by Gasteiger charge is -2.11. The predicted molar refractivity (Wildman–Crippen MR) is 115 cm³/mol. The Kier molecular flexibility index (Phi) is 6.20. The number of alkyl halides is 3. The van der Waals surface area contributed by atoms with Crippen LogP contribution in [0.5, 0.6) is 5.75 Å². The van der Waals surface area contributed by atoms with Gasteiger partial charge in [0.1, 0.15) is 22.3 Å². The largest absolute Gasteiger partial charge is 0.573 e. The summed E-state index contributed by atoms with van der Waals surface area (Å²) in [7, 11) is 1.50. The molecule has 2 aromatic heterocycles. The molecule has 0 radical (unpaired) electrons. The molecule has 0 fully saturated rings. The Morgan fingerprint density at radius 2 is 1.94 bits per heavy atom. The smallest absolute Gasteiger partial charge is 0.406 e. The van der Waals surface area contributed by atoms with E-state index in [1.165, 1.54) is 23.8 Å². The van der Waals surface area contributed by atoms with Crippen LogP contribution in [-0.4, -0.2) is 40.4 Å². The minimum atomic E-state index is -4.92. The Bertz CT molecular complexity index is 1380. The fraction of sp³-hybridized carbons (Fsp3) is 0.143. The van der Waals surface area contributed by atoms with Crippen LogP contribution in [0.2, 0.25) is 0 Å². The lowest BCUT2D eigenvalue weighted by atomic mass is 10.1. The van der Waals surface area contributed by atoms with Crippen LogP contribution >= 0.6 is 11.3 Å². The molecule has 8 nitrogen and oxygen atoms in total. The quantitative estimate of drug-likeness (QED) is 0.352. The highest BCUT2D eigenvalue weighted by atomic mass is 32.1. The first-order valence-corrected chi connectivity index (χ1v) is 10.5. The molecule has 0 aliphatic carbocycles. The summed E-state index contributed by atoms with van der Waals surface area (Å²) in [6.07, 6.45) is -4.92. The van der Waals surface area contributed by atoms with Gasteiger partial charge in [0.15, 0.2) is 5.69 Å². The Balaban J connectivity index is 1.47. The van der Waals surface area contributed by atoms with Crippen LogP contribution in [0.3, 0.4) is 0 Å². The molecule has 4 rings (SSSR count). The number of nitrogens with zero attached hydrogens (tertiary/aromatic N) is 2. The van der Waals surface area contributed by atoms with Gasteiger partial charge in [-0.15, -0.1) is 24.5 Å². The number of ether oxygens (including phenoxy) is 1. The van der Waals surface area contributed by atoms with Gasteiger partial charge in [-0.2, -0.15) is 5.10 Å². The summed E-state index contributed by atoms with van der Waals surface area (Å²) < 4.78 is 54.8. The molecule has 13 heteroatoms. The number of hydrogen-bond acceptors (Lipinski definition) is 6. The van der Waals surface area contributed by atoms with Gasteiger partial charge in [0.2, 0.25) is 0 Å². The molecule has 4 aromatic rings. The molecule has 0 atom stereocenters. The summed E-state index contributed by atoms with van der Waals surface area (Å²) in [5, 5.41) is 14.3. The van der Waals surface area contributed by atoms with Gasteiger partial charge < -0.3 is 15.4 Å². The highest BCUT2D eigenvalue weighted by Crippen LogP contribution is 2.28. The van der Waals surface area contributed by atoms with Crippen molar-refractivity contribution in [3.8, 4) is 16.3 Å². The molecule has 0 unspecified atom stereocenters. The number of nitrogens with one attached hydrogen (secondary N) is 3. The van der Waals surface area contributed by atoms with Crippen LogP contribution in [0.15, 0.2) is 41.8 Å². The van der Waals surface area contributed by atoms with Crippen LogP contribution in [0.1, 0.15) is 26.5 Å². The second-order valence-electron chi connectivity index (χ2n) is 6.93. The Morgan fingerprint density at radius 3 is 2.68 bits per heavy atom. The second kappa shape index (κ2) is 9.09. The number of hydrogen-bond donors (Lipinski definition) is 3. The van der Waals surface area contributed by atoms with Gasteiger partial charge in [0, 0.05) is 35.5 Å². The summed E-state index contributed by atoms with van der Waals surface area (Å²) >= 11 is 1.19. The lowest BCUT2D eigenvalue weighted by Crippen LogP contribution is -2.24. The fourth-order valence-electron chi connectivity index (χ4n) is 3.10. The van der Waals surface area contributed by atoms with Gasteiger partial charge >= 0.3 is 6.36 Å². The zero-order valence-electron chi connectivity index (χ0n) is 17.3. The third kappa shape index (κ3) is 4.98. The number of thiazole rings is 1. The van der Waals surface area contributed by atoms with E-state index in [0.717, 1.165) is 18.2 Å². The molecule has 0 aliphatic rings. The monoisotopic (exact) mass is 493 g/mol. The molecule has 0 saturated carbocycles. The van der Waals surface area contributed by atoms with E-state index in [1.807, 2.05) is 0 Å². The van der Waals surface area contributed by atoms with Crippen LogP contribution in [-0.2, 0) is 6.54 Å².